The molecule has 17 heavy (non-hydrogen) atoms. The van der Waals surface area contributed by atoms with Crippen molar-refractivity contribution < 1.29 is 9.13 Å². The monoisotopic (exact) mass is 304 g/mol. The number of halogens is 2. The number of hydrogen-bond donors (Lipinski definition) is 1. The van der Waals surface area contributed by atoms with Crippen LogP contribution in [0.4, 0.5) is 10.1 Å². The molecule has 1 aromatic carbocycles. The second-order valence-electron chi connectivity index (χ2n) is 3.65. The highest BCUT2D eigenvalue weighted by Gasteiger charge is 2.14. The van der Waals surface area contributed by atoms with E-state index in [4.69, 9.17) is 10.5 Å². The van der Waals surface area contributed by atoms with Crippen molar-refractivity contribution in [2.45, 2.75) is 13.5 Å². The molecular formula is C12H18BrFN2O. The summed E-state index contributed by atoms with van der Waals surface area (Å²) in [5, 5.41) is 0. The van der Waals surface area contributed by atoms with Crippen LogP contribution < -0.4 is 10.6 Å². The molecule has 0 fully saturated rings. The van der Waals surface area contributed by atoms with E-state index in [9.17, 15) is 4.39 Å². The molecule has 0 amide bonds. The fourth-order valence-corrected chi connectivity index (χ4v) is 2.13. The maximum absolute atomic E-state index is 14.1. The van der Waals surface area contributed by atoms with Crippen molar-refractivity contribution in [3.63, 3.8) is 0 Å². The number of nitrogens with two attached hydrogens (primary N) is 1. The number of methoxy groups -OCH3 is 1. The number of hydrogen-bond acceptors (Lipinski definition) is 3. The lowest BCUT2D eigenvalue weighted by atomic mass is 10.2. The van der Waals surface area contributed by atoms with Crippen LogP contribution >= 0.6 is 15.9 Å². The molecule has 0 unspecified atom stereocenters. The summed E-state index contributed by atoms with van der Waals surface area (Å²) in [7, 11) is 1.64. The first-order valence-electron chi connectivity index (χ1n) is 5.56. The molecule has 0 aliphatic carbocycles. The molecule has 0 saturated heterocycles. The van der Waals surface area contributed by atoms with Gasteiger partial charge in [-0.1, -0.05) is 6.07 Å². The van der Waals surface area contributed by atoms with Crippen LogP contribution in [0, 0.1) is 5.82 Å². The van der Waals surface area contributed by atoms with Gasteiger partial charge < -0.3 is 15.4 Å². The molecular weight excluding hydrogens is 287 g/mol. The molecule has 0 saturated carbocycles. The first-order valence-corrected chi connectivity index (χ1v) is 6.35. The van der Waals surface area contributed by atoms with Gasteiger partial charge in [-0.05, 0) is 34.5 Å². The van der Waals surface area contributed by atoms with Crippen LogP contribution in [-0.2, 0) is 11.3 Å². The zero-order chi connectivity index (χ0) is 12.8. The molecule has 0 bridgehead atoms. The predicted octanol–water partition coefficient (Wildman–Crippen LogP) is 2.52. The van der Waals surface area contributed by atoms with E-state index in [0.717, 1.165) is 12.1 Å². The Hall–Kier alpha value is -0.650. The molecule has 0 heterocycles. The van der Waals surface area contributed by atoms with Gasteiger partial charge in [0, 0.05) is 26.7 Å². The third kappa shape index (κ3) is 3.40. The van der Waals surface area contributed by atoms with Gasteiger partial charge in [-0.15, -0.1) is 0 Å². The topological polar surface area (TPSA) is 38.5 Å². The second-order valence-corrected chi connectivity index (χ2v) is 4.44. The number of nitrogens with zero attached hydrogens (tertiary/aromatic N) is 1. The van der Waals surface area contributed by atoms with Gasteiger partial charge in [0.15, 0.2) is 5.82 Å². The van der Waals surface area contributed by atoms with Gasteiger partial charge >= 0.3 is 0 Å². The SMILES string of the molecule is CCN(CCOC)c1ccc(CN)c(Br)c1F. The van der Waals surface area contributed by atoms with Crippen LogP contribution in [-0.4, -0.2) is 26.8 Å². The van der Waals surface area contributed by atoms with Crippen LogP contribution in [0.25, 0.3) is 0 Å². The smallest absolute Gasteiger partial charge is 0.160 e. The minimum atomic E-state index is -0.258. The Morgan fingerprint density at radius 1 is 1.47 bits per heavy atom. The quantitative estimate of drug-likeness (QED) is 0.878. The number of rotatable bonds is 6. The Bertz CT molecular complexity index is 374. The molecule has 2 N–H and O–H groups in total. The molecule has 0 aliphatic heterocycles. The largest absolute Gasteiger partial charge is 0.383 e. The van der Waals surface area contributed by atoms with Crippen molar-refractivity contribution >= 4 is 21.6 Å². The molecule has 0 aliphatic rings. The normalized spacial score (nSPS) is 10.6. The second kappa shape index (κ2) is 6.93. The van der Waals surface area contributed by atoms with Crippen molar-refractivity contribution in [3.8, 4) is 0 Å². The molecule has 0 spiro atoms. The Morgan fingerprint density at radius 3 is 2.71 bits per heavy atom. The van der Waals surface area contributed by atoms with Crippen molar-refractivity contribution in [1.82, 2.24) is 0 Å². The third-order valence-corrected chi connectivity index (χ3v) is 3.51. The van der Waals surface area contributed by atoms with Gasteiger partial charge in [0.25, 0.3) is 0 Å². The summed E-state index contributed by atoms with van der Waals surface area (Å²) >= 11 is 3.24. The van der Waals surface area contributed by atoms with Gasteiger partial charge in [-0.3, -0.25) is 0 Å². The maximum atomic E-state index is 14.1. The predicted molar refractivity (Wildman–Crippen MR) is 71.8 cm³/mol. The van der Waals surface area contributed by atoms with Gasteiger partial charge in [-0.2, -0.15) is 0 Å². The van der Waals surface area contributed by atoms with Crippen molar-refractivity contribution in [2.24, 2.45) is 5.73 Å². The summed E-state index contributed by atoms with van der Waals surface area (Å²) in [5.41, 5.74) is 6.88. The molecule has 3 nitrogen and oxygen atoms in total. The number of likely N-dealkylation sites (N-methyl/N-ethyl adjacent to an activating group) is 1. The van der Waals surface area contributed by atoms with E-state index in [1.54, 1.807) is 13.2 Å². The van der Waals surface area contributed by atoms with Gasteiger partial charge in [-0.25, -0.2) is 4.39 Å². The van der Waals surface area contributed by atoms with Crippen LogP contribution in [0.1, 0.15) is 12.5 Å². The van der Waals surface area contributed by atoms with Crippen LogP contribution in [0.15, 0.2) is 16.6 Å². The third-order valence-electron chi connectivity index (χ3n) is 2.65. The summed E-state index contributed by atoms with van der Waals surface area (Å²) in [6.07, 6.45) is 0. The molecule has 96 valence electrons. The summed E-state index contributed by atoms with van der Waals surface area (Å²) < 4.78 is 19.6. The Labute approximate surface area is 110 Å². The van der Waals surface area contributed by atoms with E-state index in [0.29, 0.717) is 29.9 Å². The van der Waals surface area contributed by atoms with Crippen LogP contribution in [0.2, 0.25) is 0 Å². The summed E-state index contributed by atoms with van der Waals surface area (Å²) in [6.45, 7) is 4.28. The standard InChI is InChI=1S/C12H18BrFN2O/c1-3-16(6-7-17-2)10-5-4-9(8-15)11(13)12(10)14/h4-5H,3,6-8,15H2,1-2H3. The van der Waals surface area contributed by atoms with E-state index >= 15 is 0 Å². The molecule has 1 rings (SSSR count). The Morgan fingerprint density at radius 2 is 2.18 bits per heavy atom. The summed E-state index contributed by atoms with van der Waals surface area (Å²) in [5.74, 6) is -0.258. The van der Waals surface area contributed by atoms with Crippen molar-refractivity contribution in [3.05, 3.63) is 28.0 Å². The molecule has 1 aromatic rings. The lowest BCUT2D eigenvalue weighted by molar-refractivity contribution is 0.205. The van der Waals surface area contributed by atoms with Crippen LogP contribution in [0.5, 0.6) is 0 Å². The minimum absolute atomic E-state index is 0.258. The number of ether oxygens (including phenoxy) is 1. The van der Waals surface area contributed by atoms with Gasteiger partial charge in [0.2, 0.25) is 0 Å². The van der Waals surface area contributed by atoms with E-state index in [1.807, 2.05) is 17.9 Å². The average Bonchev–Trinajstić information content (AvgIpc) is 2.35. The highest BCUT2D eigenvalue weighted by atomic mass is 79.9. The Balaban J connectivity index is 3.00. The van der Waals surface area contributed by atoms with Crippen LogP contribution in [0.3, 0.4) is 0 Å². The van der Waals surface area contributed by atoms with Crippen molar-refractivity contribution in [2.75, 3.05) is 31.7 Å². The number of benzene rings is 1. The van der Waals surface area contributed by atoms with Gasteiger partial charge in [0.05, 0.1) is 16.8 Å². The fraction of sp³-hybridized carbons (Fsp3) is 0.500. The Kier molecular flexibility index (Phi) is 5.88. The lowest BCUT2D eigenvalue weighted by Gasteiger charge is -2.24. The molecule has 0 radical (unpaired) electrons. The minimum Gasteiger partial charge on any atom is -0.383 e. The number of anilines is 1. The molecule has 5 heteroatoms. The maximum Gasteiger partial charge on any atom is 0.160 e. The van der Waals surface area contributed by atoms with Gasteiger partial charge in [0.1, 0.15) is 0 Å². The lowest BCUT2D eigenvalue weighted by Crippen LogP contribution is -2.27. The van der Waals surface area contributed by atoms with E-state index < -0.39 is 0 Å². The fourth-order valence-electron chi connectivity index (χ4n) is 1.63. The van der Waals surface area contributed by atoms with E-state index in [-0.39, 0.29) is 5.82 Å². The molecule has 0 aromatic heterocycles. The summed E-state index contributed by atoms with van der Waals surface area (Å²) in [4.78, 5) is 1.93. The highest BCUT2D eigenvalue weighted by molar-refractivity contribution is 9.10. The van der Waals surface area contributed by atoms with E-state index in [1.165, 1.54) is 0 Å². The zero-order valence-electron chi connectivity index (χ0n) is 10.2. The summed E-state index contributed by atoms with van der Waals surface area (Å²) in [6, 6.07) is 3.61. The zero-order valence-corrected chi connectivity index (χ0v) is 11.8. The average molecular weight is 305 g/mol. The first-order chi connectivity index (χ1) is 8.15. The van der Waals surface area contributed by atoms with E-state index in [2.05, 4.69) is 15.9 Å². The highest BCUT2D eigenvalue weighted by Crippen LogP contribution is 2.29. The first kappa shape index (κ1) is 14.4. The van der Waals surface area contributed by atoms with Crippen molar-refractivity contribution in [1.29, 1.82) is 0 Å². The molecule has 0 atom stereocenters.